The van der Waals surface area contributed by atoms with Gasteiger partial charge in [-0.2, -0.15) is 0 Å². The maximum atomic E-state index is 11.0. The third kappa shape index (κ3) is 3.07. The normalized spacial score (nSPS) is 26.0. The van der Waals surface area contributed by atoms with Gasteiger partial charge in [0.15, 0.2) is 5.84 Å². The quantitative estimate of drug-likeness (QED) is 0.770. The summed E-state index contributed by atoms with van der Waals surface area (Å²) in [6.07, 6.45) is 0.927. The molecular weight excluding hydrogens is 355 g/mol. The zero-order chi connectivity index (χ0) is 17.4. The van der Waals surface area contributed by atoms with Gasteiger partial charge in [-0.25, -0.2) is 9.79 Å². The van der Waals surface area contributed by atoms with Crippen molar-refractivity contribution in [2.24, 2.45) is 10.9 Å². The predicted molar refractivity (Wildman–Crippen MR) is 90.1 cm³/mol. The fourth-order valence-electron chi connectivity index (χ4n) is 2.90. The zero-order valence-corrected chi connectivity index (χ0v) is 14.1. The van der Waals surface area contributed by atoms with E-state index in [4.69, 9.17) is 33.0 Å². The number of ether oxygens (including phenoxy) is 1. The number of carboxylic acid groups (broad SMARTS) is 1. The molecule has 2 N–H and O–H groups in total. The Hall–Kier alpha value is -2.18. The summed E-state index contributed by atoms with van der Waals surface area (Å²) >= 11 is 12.3. The van der Waals surface area contributed by atoms with Crippen molar-refractivity contribution in [2.75, 3.05) is 0 Å². The molecule has 0 saturated heterocycles. The number of benzene rings is 1. The SMILES string of the molecule is CC1C(OC(=O)O)N=C2C(Cl)=CC(Cl)=CN2C1c1ccc(O)cc1. The van der Waals surface area contributed by atoms with Gasteiger partial charge in [-0.05, 0) is 23.8 Å². The number of aromatic hydroxyl groups is 1. The summed E-state index contributed by atoms with van der Waals surface area (Å²) in [7, 11) is 0. The van der Waals surface area contributed by atoms with Crippen LogP contribution >= 0.6 is 23.2 Å². The van der Waals surface area contributed by atoms with Crippen molar-refractivity contribution in [3.8, 4) is 5.75 Å². The molecule has 0 bridgehead atoms. The van der Waals surface area contributed by atoms with Crippen LogP contribution < -0.4 is 0 Å². The lowest BCUT2D eigenvalue weighted by Crippen LogP contribution is -2.45. The maximum absolute atomic E-state index is 11.0. The van der Waals surface area contributed by atoms with Crippen molar-refractivity contribution in [1.82, 2.24) is 4.90 Å². The molecule has 3 atom stereocenters. The van der Waals surface area contributed by atoms with E-state index in [0.717, 1.165) is 5.56 Å². The minimum Gasteiger partial charge on any atom is -0.508 e. The van der Waals surface area contributed by atoms with Crippen LogP contribution in [0.15, 0.2) is 51.6 Å². The van der Waals surface area contributed by atoms with Gasteiger partial charge in [-0.15, -0.1) is 0 Å². The Kier molecular flexibility index (Phi) is 4.43. The van der Waals surface area contributed by atoms with Crippen LogP contribution in [0.1, 0.15) is 18.5 Å². The van der Waals surface area contributed by atoms with E-state index in [9.17, 15) is 9.90 Å². The molecule has 2 aliphatic rings. The molecule has 8 heteroatoms. The van der Waals surface area contributed by atoms with E-state index in [1.807, 2.05) is 6.92 Å². The summed E-state index contributed by atoms with van der Waals surface area (Å²) in [5, 5.41) is 19.2. The summed E-state index contributed by atoms with van der Waals surface area (Å²) < 4.78 is 4.92. The molecule has 0 radical (unpaired) electrons. The van der Waals surface area contributed by atoms with Crippen LogP contribution in [0, 0.1) is 5.92 Å². The third-order valence-corrected chi connectivity index (χ3v) is 4.42. The lowest BCUT2D eigenvalue weighted by Gasteiger charge is -2.42. The van der Waals surface area contributed by atoms with Gasteiger partial charge in [0.05, 0.1) is 16.1 Å². The van der Waals surface area contributed by atoms with Crippen LogP contribution in [-0.2, 0) is 4.74 Å². The van der Waals surface area contributed by atoms with E-state index < -0.39 is 12.4 Å². The monoisotopic (exact) mass is 368 g/mol. The number of carbonyl (C=O) groups is 1. The number of nitrogens with zero attached hydrogens (tertiary/aromatic N) is 2. The minimum atomic E-state index is -1.40. The molecule has 0 spiro atoms. The molecule has 0 amide bonds. The molecule has 1 aromatic rings. The second-order valence-electron chi connectivity index (χ2n) is 5.54. The molecule has 3 unspecified atom stereocenters. The third-order valence-electron chi connectivity index (χ3n) is 3.94. The van der Waals surface area contributed by atoms with E-state index in [0.29, 0.717) is 15.9 Å². The summed E-state index contributed by atoms with van der Waals surface area (Å²) in [5.41, 5.74) is 0.846. The molecule has 6 nitrogen and oxygen atoms in total. The Labute approximate surface area is 148 Å². The Morgan fingerprint density at radius 1 is 1.29 bits per heavy atom. The first-order valence-electron chi connectivity index (χ1n) is 7.16. The zero-order valence-electron chi connectivity index (χ0n) is 12.6. The van der Waals surface area contributed by atoms with E-state index in [2.05, 4.69) is 4.99 Å². The number of amidine groups is 1. The first-order valence-corrected chi connectivity index (χ1v) is 7.92. The Morgan fingerprint density at radius 3 is 2.58 bits per heavy atom. The fraction of sp³-hybridized carbons (Fsp3) is 0.250. The van der Waals surface area contributed by atoms with Crippen molar-refractivity contribution < 1.29 is 19.7 Å². The molecule has 3 rings (SSSR count). The van der Waals surface area contributed by atoms with Crippen LogP contribution in [0.25, 0.3) is 0 Å². The van der Waals surface area contributed by atoms with Crippen molar-refractivity contribution in [2.45, 2.75) is 19.2 Å². The van der Waals surface area contributed by atoms with E-state index in [1.54, 1.807) is 41.4 Å². The van der Waals surface area contributed by atoms with Gasteiger partial charge >= 0.3 is 6.16 Å². The Bertz CT molecular complexity index is 758. The van der Waals surface area contributed by atoms with Crippen LogP contribution in [0.4, 0.5) is 4.79 Å². The number of fused-ring (bicyclic) bond motifs is 1. The molecule has 0 aromatic heterocycles. The van der Waals surface area contributed by atoms with E-state index in [1.165, 1.54) is 0 Å². The van der Waals surface area contributed by atoms with Gasteiger partial charge in [0.2, 0.25) is 6.23 Å². The van der Waals surface area contributed by atoms with Crippen molar-refractivity contribution in [3.63, 3.8) is 0 Å². The maximum Gasteiger partial charge on any atom is 0.507 e. The number of allylic oxidation sites excluding steroid dienone is 2. The fourth-order valence-corrected chi connectivity index (χ4v) is 3.43. The van der Waals surface area contributed by atoms with E-state index in [-0.39, 0.29) is 17.7 Å². The number of halogens is 2. The molecule has 0 fully saturated rings. The highest BCUT2D eigenvalue weighted by Crippen LogP contribution is 2.41. The molecule has 2 heterocycles. The average molecular weight is 369 g/mol. The largest absolute Gasteiger partial charge is 0.508 e. The minimum absolute atomic E-state index is 0.139. The average Bonchev–Trinajstić information content (AvgIpc) is 2.50. The highest BCUT2D eigenvalue weighted by atomic mass is 35.5. The van der Waals surface area contributed by atoms with Gasteiger partial charge in [0.25, 0.3) is 0 Å². The summed E-state index contributed by atoms with van der Waals surface area (Å²) in [6, 6.07) is 6.33. The molecule has 0 aliphatic carbocycles. The molecule has 24 heavy (non-hydrogen) atoms. The number of hydrogen-bond donors (Lipinski definition) is 2. The Morgan fingerprint density at radius 2 is 1.96 bits per heavy atom. The van der Waals surface area contributed by atoms with Gasteiger partial charge < -0.3 is 19.8 Å². The van der Waals surface area contributed by atoms with Crippen LogP contribution in [0.5, 0.6) is 5.75 Å². The van der Waals surface area contributed by atoms with Crippen LogP contribution in [0.3, 0.4) is 0 Å². The predicted octanol–water partition coefficient (Wildman–Crippen LogP) is 4.02. The first kappa shape index (κ1) is 16.7. The van der Waals surface area contributed by atoms with Gasteiger partial charge in [0.1, 0.15) is 5.75 Å². The van der Waals surface area contributed by atoms with Gasteiger partial charge in [0, 0.05) is 12.1 Å². The van der Waals surface area contributed by atoms with Crippen molar-refractivity contribution in [1.29, 1.82) is 0 Å². The number of rotatable bonds is 2. The summed E-state index contributed by atoms with van der Waals surface area (Å²) in [6.45, 7) is 1.83. The topological polar surface area (TPSA) is 82.4 Å². The molecule has 1 aromatic carbocycles. The molecular formula is C16H14Cl2N2O4. The lowest BCUT2D eigenvalue weighted by atomic mass is 9.89. The highest BCUT2D eigenvalue weighted by molar-refractivity contribution is 6.45. The van der Waals surface area contributed by atoms with Gasteiger partial charge in [-0.1, -0.05) is 42.3 Å². The molecule has 2 aliphatic heterocycles. The first-order chi connectivity index (χ1) is 11.4. The molecule has 0 saturated carbocycles. The number of aliphatic imine (C=N–C) groups is 1. The van der Waals surface area contributed by atoms with E-state index >= 15 is 0 Å². The summed E-state index contributed by atoms with van der Waals surface area (Å²) in [4.78, 5) is 17.1. The number of phenols is 1. The van der Waals surface area contributed by atoms with Gasteiger partial charge in [-0.3, -0.25) is 0 Å². The van der Waals surface area contributed by atoms with Crippen LogP contribution in [-0.4, -0.2) is 33.3 Å². The summed E-state index contributed by atoms with van der Waals surface area (Å²) in [5.74, 6) is 0.223. The Balaban J connectivity index is 2.08. The standard InChI is InChI=1S/C16H14Cl2N2O4/c1-8-13(9-2-4-11(21)5-3-9)20-7-10(17)6-12(18)14(20)19-15(8)24-16(22)23/h2-8,13,15,21H,1H3,(H,22,23). The smallest absolute Gasteiger partial charge is 0.507 e. The molecule has 126 valence electrons. The van der Waals surface area contributed by atoms with Crippen molar-refractivity contribution in [3.05, 3.63) is 52.2 Å². The lowest BCUT2D eigenvalue weighted by molar-refractivity contribution is 0.0100. The van der Waals surface area contributed by atoms with Crippen LogP contribution in [0.2, 0.25) is 0 Å². The number of hydrogen-bond acceptors (Lipinski definition) is 5. The van der Waals surface area contributed by atoms with Crippen molar-refractivity contribution >= 4 is 35.2 Å². The number of phenolic OH excluding ortho intramolecular Hbond substituents is 1. The second kappa shape index (κ2) is 6.37. The highest BCUT2D eigenvalue weighted by Gasteiger charge is 2.41. The second-order valence-corrected chi connectivity index (χ2v) is 6.38.